The number of hydrogen-bond donors (Lipinski definition) is 1. The second-order valence-corrected chi connectivity index (χ2v) is 6.59. The molecular formula is C14H23N5OS. The molecule has 0 aromatic carbocycles. The fourth-order valence-electron chi connectivity index (χ4n) is 2.77. The monoisotopic (exact) mass is 309 g/mol. The Kier molecular flexibility index (Phi) is 5.16. The summed E-state index contributed by atoms with van der Waals surface area (Å²) in [5, 5.41) is 9.00. The summed E-state index contributed by atoms with van der Waals surface area (Å²) in [6.07, 6.45) is 1.87. The van der Waals surface area contributed by atoms with Crippen molar-refractivity contribution >= 4 is 23.5 Å². The number of aromatic nitrogens is 2. The van der Waals surface area contributed by atoms with Crippen LogP contribution in [0.4, 0.5) is 11.8 Å². The van der Waals surface area contributed by atoms with Crippen molar-refractivity contribution in [3.05, 3.63) is 12.3 Å². The Labute approximate surface area is 130 Å². The summed E-state index contributed by atoms with van der Waals surface area (Å²) in [4.78, 5) is 16.1. The Balaban J connectivity index is 1.63. The summed E-state index contributed by atoms with van der Waals surface area (Å²) in [5.74, 6) is 4.22. The molecule has 3 rings (SSSR count). The largest absolute Gasteiger partial charge is 0.395 e. The fraction of sp³-hybridized carbons (Fsp3) is 0.714. The van der Waals surface area contributed by atoms with Gasteiger partial charge in [-0.1, -0.05) is 0 Å². The molecular weight excluding hydrogens is 286 g/mol. The molecule has 116 valence electrons. The van der Waals surface area contributed by atoms with E-state index in [9.17, 15) is 0 Å². The van der Waals surface area contributed by atoms with Crippen molar-refractivity contribution in [2.45, 2.75) is 0 Å². The van der Waals surface area contributed by atoms with Crippen LogP contribution in [-0.2, 0) is 0 Å². The first-order valence-electron chi connectivity index (χ1n) is 7.61. The van der Waals surface area contributed by atoms with E-state index in [1.807, 2.05) is 24.0 Å². The summed E-state index contributed by atoms with van der Waals surface area (Å²) in [5.41, 5.74) is 0. The summed E-state index contributed by atoms with van der Waals surface area (Å²) < 4.78 is 0. The molecule has 1 N–H and O–H groups in total. The molecule has 2 saturated heterocycles. The summed E-state index contributed by atoms with van der Waals surface area (Å²) >= 11 is 2.00. The zero-order valence-corrected chi connectivity index (χ0v) is 13.1. The van der Waals surface area contributed by atoms with Crippen LogP contribution in [0.5, 0.6) is 0 Å². The van der Waals surface area contributed by atoms with Crippen molar-refractivity contribution in [2.75, 3.05) is 73.7 Å². The lowest BCUT2D eigenvalue weighted by atomic mass is 10.3. The predicted molar refractivity (Wildman–Crippen MR) is 87.3 cm³/mol. The summed E-state index contributed by atoms with van der Waals surface area (Å²) in [7, 11) is 0. The maximum absolute atomic E-state index is 9.00. The van der Waals surface area contributed by atoms with E-state index in [1.165, 1.54) is 0 Å². The standard InChI is InChI=1S/C14H23N5OS/c20-10-7-17-3-5-18(6-4-17)13-1-2-15-14(16-13)19-8-11-21-12-9-19/h1-2,20H,3-12H2. The molecule has 0 radical (unpaired) electrons. The van der Waals surface area contributed by atoms with Crippen LogP contribution >= 0.6 is 11.8 Å². The molecule has 2 fully saturated rings. The minimum Gasteiger partial charge on any atom is -0.395 e. The molecule has 7 heteroatoms. The number of aliphatic hydroxyl groups excluding tert-OH is 1. The molecule has 0 bridgehead atoms. The second kappa shape index (κ2) is 7.29. The first-order chi connectivity index (χ1) is 10.4. The fourth-order valence-corrected chi connectivity index (χ4v) is 3.68. The van der Waals surface area contributed by atoms with E-state index in [1.54, 1.807) is 0 Å². The van der Waals surface area contributed by atoms with E-state index in [2.05, 4.69) is 19.7 Å². The van der Waals surface area contributed by atoms with E-state index < -0.39 is 0 Å². The maximum Gasteiger partial charge on any atom is 0.227 e. The van der Waals surface area contributed by atoms with E-state index >= 15 is 0 Å². The van der Waals surface area contributed by atoms with Crippen LogP contribution in [0.3, 0.4) is 0 Å². The lowest BCUT2D eigenvalue weighted by Crippen LogP contribution is -2.47. The van der Waals surface area contributed by atoms with Crippen molar-refractivity contribution in [1.82, 2.24) is 14.9 Å². The highest BCUT2D eigenvalue weighted by Gasteiger charge is 2.19. The van der Waals surface area contributed by atoms with Crippen LogP contribution in [0.15, 0.2) is 12.3 Å². The van der Waals surface area contributed by atoms with Crippen molar-refractivity contribution in [2.24, 2.45) is 0 Å². The van der Waals surface area contributed by atoms with Gasteiger partial charge in [-0.05, 0) is 6.07 Å². The molecule has 2 aliphatic heterocycles. The summed E-state index contributed by atoms with van der Waals surface area (Å²) in [6, 6.07) is 2.00. The third-order valence-electron chi connectivity index (χ3n) is 4.03. The number of thioether (sulfide) groups is 1. The number of β-amino-alcohol motifs (C(OH)–C–C–N with tert-alkyl or cyclic N) is 1. The number of rotatable bonds is 4. The number of piperazine rings is 1. The molecule has 3 heterocycles. The van der Waals surface area contributed by atoms with Crippen molar-refractivity contribution in [3.63, 3.8) is 0 Å². The third kappa shape index (κ3) is 3.78. The quantitative estimate of drug-likeness (QED) is 0.849. The molecule has 2 aliphatic rings. The highest BCUT2D eigenvalue weighted by molar-refractivity contribution is 7.99. The van der Waals surface area contributed by atoms with Gasteiger partial charge in [0.15, 0.2) is 0 Å². The van der Waals surface area contributed by atoms with Gasteiger partial charge in [-0.2, -0.15) is 16.7 Å². The van der Waals surface area contributed by atoms with Gasteiger partial charge in [-0.15, -0.1) is 0 Å². The minimum atomic E-state index is 0.241. The van der Waals surface area contributed by atoms with E-state index in [0.717, 1.165) is 69.1 Å². The second-order valence-electron chi connectivity index (χ2n) is 5.37. The first kappa shape index (κ1) is 14.9. The average Bonchev–Trinajstić information content (AvgIpc) is 2.57. The Morgan fingerprint density at radius 2 is 1.81 bits per heavy atom. The minimum absolute atomic E-state index is 0.241. The number of aliphatic hydroxyl groups is 1. The van der Waals surface area contributed by atoms with Gasteiger partial charge in [0.2, 0.25) is 5.95 Å². The van der Waals surface area contributed by atoms with Gasteiger partial charge in [0.25, 0.3) is 0 Å². The SMILES string of the molecule is OCCN1CCN(c2ccnc(N3CCSCC3)n2)CC1. The Morgan fingerprint density at radius 3 is 2.52 bits per heavy atom. The topological polar surface area (TPSA) is 55.7 Å². The maximum atomic E-state index is 9.00. The first-order valence-corrected chi connectivity index (χ1v) is 8.76. The molecule has 0 amide bonds. The van der Waals surface area contributed by atoms with Gasteiger partial charge < -0.3 is 14.9 Å². The molecule has 21 heavy (non-hydrogen) atoms. The molecule has 0 aliphatic carbocycles. The van der Waals surface area contributed by atoms with E-state index in [-0.39, 0.29) is 6.61 Å². The molecule has 1 aromatic heterocycles. The molecule has 0 atom stereocenters. The zero-order valence-electron chi connectivity index (χ0n) is 12.3. The molecule has 6 nitrogen and oxygen atoms in total. The number of hydrogen-bond acceptors (Lipinski definition) is 7. The lowest BCUT2D eigenvalue weighted by molar-refractivity contribution is 0.188. The van der Waals surface area contributed by atoms with Crippen molar-refractivity contribution in [3.8, 4) is 0 Å². The number of anilines is 2. The van der Waals surface area contributed by atoms with Crippen LogP contribution < -0.4 is 9.80 Å². The van der Waals surface area contributed by atoms with Gasteiger partial charge in [-0.3, -0.25) is 4.90 Å². The zero-order chi connectivity index (χ0) is 14.5. The van der Waals surface area contributed by atoms with Crippen LogP contribution in [0.2, 0.25) is 0 Å². The smallest absolute Gasteiger partial charge is 0.227 e. The Morgan fingerprint density at radius 1 is 1.05 bits per heavy atom. The Bertz CT molecular complexity index is 447. The summed E-state index contributed by atoms with van der Waals surface area (Å²) in [6.45, 7) is 6.99. The highest BCUT2D eigenvalue weighted by atomic mass is 32.2. The van der Waals surface area contributed by atoms with Crippen molar-refractivity contribution < 1.29 is 5.11 Å². The van der Waals surface area contributed by atoms with Crippen molar-refractivity contribution in [1.29, 1.82) is 0 Å². The number of nitrogens with zero attached hydrogens (tertiary/aromatic N) is 5. The third-order valence-corrected chi connectivity index (χ3v) is 4.98. The lowest BCUT2D eigenvalue weighted by Gasteiger charge is -2.35. The van der Waals surface area contributed by atoms with Gasteiger partial charge in [0.1, 0.15) is 5.82 Å². The highest BCUT2D eigenvalue weighted by Crippen LogP contribution is 2.19. The van der Waals surface area contributed by atoms with Gasteiger partial charge in [-0.25, -0.2) is 4.98 Å². The van der Waals surface area contributed by atoms with Crippen LogP contribution in [0, 0.1) is 0 Å². The molecule has 0 saturated carbocycles. The predicted octanol–water partition coefficient (Wildman–Crippen LogP) is 0.144. The van der Waals surface area contributed by atoms with Gasteiger partial charge in [0, 0.05) is 63.5 Å². The van der Waals surface area contributed by atoms with Crippen LogP contribution in [-0.4, -0.2) is 83.9 Å². The normalized spacial score (nSPS) is 20.8. The van der Waals surface area contributed by atoms with E-state index in [0.29, 0.717) is 0 Å². The molecule has 1 aromatic rings. The van der Waals surface area contributed by atoms with Gasteiger partial charge in [0.05, 0.1) is 6.61 Å². The molecule has 0 unspecified atom stereocenters. The van der Waals surface area contributed by atoms with E-state index in [4.69, 9.17) is 10.1 Å². The average molecular weight is 309 g/mol. The Hall–Kier alpha value is -1.05. The molecule has 0 spiro atoms. The van der Waals surface area contributed by atoms with Crippen LogP contribution in [0.25, 0.3) is 0 Å². The van der Waals surface area contributed by atoms with Gasteiger partial charge >= 0.3 is 0 Å². The van der Waals surface area contributed by atoms with Crippen LogP contribution in [0.1, 0.15) is 0 Å².